The second kappa shape index (κ2) is 9.24. The van der Waals surface area contributed by atoms with Gasteiger partial charge >= 0.3 is 6.18 Å². The molecule has 8 nitrogen and oxygen atoms in total. The Morgan fingerprint density at radius 1 is 1.06 bits per heavy atom. The molecule has 3 heterocycles. The Kier molecular flexibility index (Phi) is 6.52. The number of likely N-dealkylation sites (tertiary alicyclic amines) is 1. The van der Waals surface area contributed by atoms with Crippen LogP contribution in [0.15, 0.2) is 24.5 Å². The van der Waals surface area contributed by atoms with Crippen molar-refractivity contribution in [3.05, 3.63) is 40.9 Å². The molecule has 1 aromatic carbocycles. The van der Waals surface area contributed by atoms with E-state index in [2.05, 4.69) is 15.3 Å². The Hall–Kier alpha value is -3.15. The summed E-state index contributed by atoms with van der Waals surface area (Å²) in [6.07, 6.45) is -1.80. The van der Waals surface area contributed by atoms with E-state index >= 15 is 0 Å². The molecule has 182 valence electrons. The van der Waals surface area contributed by atoms with Crippen LogP contribution in [-0.2, 0) is 15.8 Å². The van der Waals surface area contributed by atoms with Gasteiger partial charge in [-0.2, -0.15) is 17.6 Å². The Morgan fingerprint density at radius 2 is 1.79 bits per heavy atom. The number of carbonyl (C=O) groups excluding carboxylic acids is 2. The smallest absolute Gasteiger partial charge is 0.381 e. The van der Waals surface area contributed by atoms with E-state index in [1.807, 2.05) is 0 Å². The molecule has 2 atom stereocenters. The van der Waals surface area contributed by atoms with Gasteiger partial charge in [-0.1, -0.05) is 11.6 Å². The van der Waals surface area contributed by atoms with Crippen molar-refractivity contribution < 1.29 is 27.2 Å². The zero-order valence-corrected chi connectivity index (χ0v) is 18.5. The van der Waals surface area contributed by atoms with Gasteiger partial charge in [0.15, 0.2) is 11.6 Å². The minimum Gasteiger partial charge on any atom is -0.381 e. The molecule has 13 heteroatoms. The number of nitrogens with two attached hydrogens (primary N) is 1. The molecule has 0 aliphatic carbocycles. The molecule has 0 unspecified atom stereocenters. The van der Waals surface area contributed by atoms with Crippen molar-refractivity contribution in [1.29, 1.82) is 0 Å². The quantitative estimate of drug-likeness (QED) is 0.623. The Morgan fingerprint density at radius 3 is 2.53 bits per heavy atom. The summed E-state index contributed by atoms with van der Waals surface area (Å²) in [5, 5.41) is 2.71. The van der Waals surface area contributed by atoms with Crippen LogP contribution in [0.1, 0.15) is 31.2 Å². The molecule has 2 aliphatic heterocycles. The van der Waals surface area contributed by atoms with Gasteiger partial charge in [-0.3, -0.25) is 14.5 Å². The van der Waals surface area contributed by atoms with Crippen LogP contribution in [0.4, 0.5) is 34.9 Å². The van der Waals surface area contributed by atoms with E-state index in [9.17, 15) is 27.2 Å². The SMILES string of the molecule is Nc1ncnc(N2CCC[C@@H](N3CCC[C@H](Nc4cc(Cl)cc(C(F)(F)F)c4)C3=O)C2=O)c1F. The van der Waals surface area contributed by atoms with Crippen LogP contribution in [0.2, 0.25) is 5.02 Å². The van der Waals surface area contributed by atoms with E-state index in [0.717, 1.165) is 23.4 Å². The number of amides is 2. The summed E-state index contributed by atoms with van der Waals surface area (Å²) >= 11 is 5.84. The van der Waals surface area contributed by atoms with Crippen LogP contribution in [0, 0.1) is 5.82 Å². The van der Waals surface area contributed by atoms with Gasteiger partial charge in [0.1, 0.15) is 18.4 Å². The third-order valence-corrected chi connectivity index (χ3v) is 6.10. The normalized spacial score (nSPS) is 21.7. The number of piperidine rings is 2. The minimum atomic E-state index is -4.60. The topological polar surface area (TPSA) is 104 Å². The van der Waals surface area contributed by atoms with E-state index in [1.54, 1.807) is 0 Å². The first-order valence-electron chi connectivity index (χ1n) is 10.6. The molecule has 2 amide bonds. The summed E-state index contributed by atoms with van der Waals surface area (Å²) < 4.78 is 53.8. The molecule has 2 fully saturated rings. The summed E-state index contributed by atoms with van der Waals surface area (Å²) in [7, 11) is 0. The van der Waals surface area contributed by atoms with E-state index in [1.165, 1.54) is 11.0 Å². The van der Waals surface area contributed by atoms with E-state index in [-0.39, 0.29) is 23.1 Å². The zero-order valence-electron chi connectivity index (χ0n) is 17.8. The summed E-state index contributed by atoms with van der Waals surface area (Å²) in [6, 6.07) is 1.29. The molecule has 0 bridgehead atoms. The van der Waals surface area contributed by atoms with E-state index in [0.29, 0.717) is 32.2 Å². The lowest BCUT2D eigenvalue weighted by Crippen LogP contribution is -2.59. The number of nitrogens with one attached hydrogen (secondary N) is 1. The molecular formula is C21H21ClF4N6O2. The highest BCUT2D eigenvalue weighted by atomic mass is 35.5. The number of rotatable bonds is 4. The van der Waals surface area contributed by atoms with Gasteiger partial charge in [0, 0.05) is 23.8 Å². The highest BCUT2D eigenvalue weighted by Gasteiger charge is 2.41. The lowest BCUT2D eigenvalue weighted by atomic mass is 9.97. The van der Waals surface area contributed by atoms with Crippen molar-refractivity contribution in [3.8, 4) is 0 Å². The number of hydrogen-bond acceptors (Lipinski definition) is 6. The summed E-state index contributed by atoms with van der Waals surface area (Å²) in [6.45, 7) is 0.494. The van der Waals surface area contributed by atoms with Crippen LogP contribution in [0.5, 0.6) is 0 Å². The van der Waals surface area contributed by atoms with Crippen LogP contribution in [-0.4, -0.2) is 51.9 Å². The molecular weight excluding hydrogens is 480 g/mol. The lowest BCUT2D eigenvalue weighted by Gasteiger charge is -2.41. The molecule has 0 radical (unpaired) electrons. The summed E-state index contributed by atoms with van der Waals surface area (Å²) in [5.74, 6) is -2.48. The van der Waals surface area contributed by atoms with Crippen LogP contribution in [0.3, 0.4) is 0 Å². The van der Waals surface area contributed by atoms with Crippen LogP contribution in [0.25, 0.3) is 0 Å². The summed E-state index contributed by atoms with van der Waals surface area (Å²) in [4.78, 5) is 36.4. The Bertz CT molecular complexity index is 1120. The number of alkyl halides is 3. The zero-order chi connectivity index (χ0) is 24.6. The van der Waals surface area contributed by atoms with E-state index in [4.69, 9.17) is 17.3 Å². The number of nitrogen functional groups attached to an aromatic ring is 1. The molecule has 2 saturated heterocycles. The van der Waals surface area contributed by atoms with Crippen LogP contribution < -0.4 is 16.0 Å². The van der Waals surface area contributed by atoms with Gasteiger partial charge in [-0.25, -0.2) is 9.97 Å². The maximum Gasteiger partial charge on any atom is 0.416 e. The molecule has 0 saturated carbocycles. The molecule has 0 spiro atoms. The van der Waals surface area contributed by atoms with Crippen molar-refractivity contribution in [2.24, 2.45) is 0 Å². The number of benzene rings is 1. The Balaban J connectivity index is 1.53. The van der Waals surface area contributed by atoms with Gasteiger partial charge in [-0.15, -0.1) is 0 Å². The van der Waals surface area contributed by atoms with Gasteiger partial charge < -0.3 is 16.0 Å². The number of hydrogen-bond donors (Lipinski definition) is 2. The monoisotopic (exact) mass is 500 g/mol. The lowest BCUT2D eigenvalue weighted by molar-refractivity contribution is -0.143. The summed E-state index contributed by atoms with van der Waals surface area (Å²) in [5.41, 5.74) is 4.61. The highest BCUT2D eigenvalue weighted by Crippen LogP contribution is 2.34. The molecule has 2 aromatic rings. The van der Waals surface area contributed by atoms with Crippen molar-refractivity contribution in [1.82, 2.24) is 14.9 Å². The molecule has 1 aromatic heterocycles. The second-order valence-electron chi connectivity index (χ2n) is 8.14. The number of halogens is 5. The second-order valence-corrected chi connectivity index (χ2v) is 8.58. The highest BCUT2D eigenvalue weighted by molar-refractivity contribution is 6.31. The van der Waals surface area contributed by atoms with Crippen LogP contribution >= 0.6 is 11.6 Å². The molecule has 34 heavy (non-hydrogen) atoms. The van der Waals surface area contributed by atoms with Gasteiger partial charge in [0.25, 0.3) is 5.91 Å². The van der Waals surface area contributed by atoms with Crippen molar-refractivity contribution in [2.45, 2.75) is 43.9 Å². The van der Waals surface area contributed by atoms with E-state index < -0.39 is 47.3 Å². The fourth-order valence-electron chi connectivity index (χ4n) is 4.30. The van der Waals surface area contributed by atoms with Gasteiger partial charge in [0.05, 0.1) is 5.56 Å². The molecule has 3 N–H and O–H groups in total. The third-order valence-electron chi connectivity index (χ3n) is 5.88. The van der Waals surface area contributed by atoms with Gasteiger partial charge in [-0.05, 0) is 43.9 Å². The first-order valence-corrected chi connectivity index (χ1v) is 11.0. The molecule has 2 aliphatic rings. The number of aromatic nitrogens is 2. The number of carbonyl (C=O) groups is 2. The minimum absolute atomic E-state index is 0.0511. The van der Waals surface area contributed by atoms with Crippen molar-refractivity contribution >= 4 is 40.7 Å². The first-order chi connectivity index (χ1) is 16.1. The average molecular weight is 501 g/mol. The third kappa shape index (κ3) is 4.72. The maximum absolute atomic E-state index is 14.4. The predicted octanol–water partition coefficient (Wildman–Crippen LogP) is 3.47. The number of anilines is 3. The maximum atomic E-state index is 14.4. The fraction of sp³-hybridized carbons (Fsp3) is 0.429. The van der Waals surface area contributed by atoms with Crippen molar-refractivity contribution in [2.75, 3.05) is 29.0 Å². The predicted molar refractivity (Wildman–Crippen MR) is 117 cm³/mol. The van der Waals surface area contributed by atoms with Crippen molar-refractivity contribution in [3.63, 3.8) is 0 Å². The Labute approximate surface area is 197 Å². The fourth-order valence-corrected chi connectivity index (χ4v) is 4.53. The van der Waals surface area contributed by atoms with Gasteiger partial charge in [0.2, 0.25) is 11.7 Å². The standard InChI is InChI=1S/C21H21ClF4N6O2/c22-12-7-11(21(24,25)26)8-13(9-12)30-14-3-1-5-31(19(14)33)15-4-2-6-32(20(15)34)18-16(23)17(27)28-10-29-18/h7-10,14-15,30H,1-6H2,(H2,27,28,29)/t14-,15+/m0/s1. The average Bonchev–Trinajstić information content (AvgIpc) is 2.77. The first kappa shape index (κ1) is 24.0. The number of nitrogens with zero attached hydrogens (tertiary/aromatic N) is 4. The largest absolute Gasteiger partial charge is 0.416 e. The molecule has 4 rings (SSSR count).